The molecule has 0 aliphatic carbocycles. The molecule has 0 fully saturated rings. The van der Waals surface area contributed by atoms with Gasteiger partial charge >= 0.3 is 0 Å². The summed E-state index contributed by atoms with van der Waals surface area (Å²) in [5.41, 5.74) is 2.48. The smallest absolute Gasteiger partial charge is 0.136 e. The van der Waals surface area contributed by atoms with E-state index in [2.05, 4.69) is 31.2 Å². The van der Waals surface area contributed by atoms with Gasteiger partial charge in [-0.3, -0.25) is 4.79 Å². The van der Waals surface area contributed by atoms with Gasteiger partial charge in [-0.25, -0.2) is 0 Å². The molecular formula is C13H18O. The predicted molar refractivity (Wildman–Crippen MR) is 59.5 cm³/mol. The van der Waals surface area contributed by atoms with Crippen molar-refractivity contribution < 1.29 is 4.79 Å². The second-order valence-corrected chi connectivity index (χ2v) is 3.82. The van der Waals surface area contributed by atoms with Gasteiger partial charge in [0, 0.05) is 5.92 Å². The van der Waals surface area contributed by atoms with E-state index in [1.807, 2.05) is 6.92 Å². The van der Waals surface area contributed by atoms with Gasteiger partial charge in [0.05, 0.1) is 0 Å². The van der Waals surface area contributed by atoms with Crippen LogP contribution in [0.2, 0.25) is 0 Å². The van der Waals surface area contributed by atoms with E-state index in [0.717, 1.165) is 12.0 Å². The second-order valence-electron chi connectivity index (χ2n) is 3.82. The van der Waals surface area contributed by atoms with Crippen LogP contribution >= 0.6 is 0 Å². The number of rotatable bonds is 4. The molecule has 0 radical (unpaired) electrons. The fraction of sp³-hybridized carbons (Fsp3) is 0.462. The molecule has 1 nitrogen and oxygen atoms in total. The first-order valence-electron chi connectivity index (χ1n) is 5.24. The molecule has 0 N–H and O–H groups in total. The van der Waals surface area contributed by atoms with Crippen molar-refractivity contribution in [3.63, 3.8) is 0 Å². The molecule has 0 aromatic heterocycles. The number of benzene rings is 1. The Kier molecular flexibility index (Phi) is 3.87. The van der Waals surface area contributed by atoms with Gasteiger partial charge in [0.2, 0.25) is 0 Å². The molecule has 0 saturated carbocycles. The molecule has 1 heteroatoms. The normalized spacial score (nSPS) is 12.5. The first kappa shape index (κ1) is 11.0. The Balaban J connectivity index is 2.77. The van der Waals surface area contributed by atoms with Crippen LogP contribution in [0.25, 0.3) is 0 Å². The summed E-state index contributed by atoms with van der Waals surface area (Å²) in [6, 6.07) is 8.38. The SMILES string of the molecule is CCCc1ccc(C(C)C(C)=O)cc1. The summed E-state index contributed by atoms with van der Waals surface area (Å²) in [6.07, 6.45) is 2.29. The number of carbonyl (C=O) groups excluding carboxylic acids is 1. The topological polar surface area (TPSA) is 17.1 Å². The highest BCUT2D eigenvalue weighted by molar-refractivity contribution is 5.82. The van der Waals surface area contributed by atoms with Gasteiger partial charge in [0.15, 0.2) is 0 Å². The highest BCUT2D eigenvalue weighted by atomic mass is 16.1. The molecule has 76 valence electrons. The Hall–Kier alpha value is -1.11. The number of aryl methyl sites for hydroxylation is 1. The first-order valence-corrected chi connectivity index (χ1v) is 5.24. The quantitative estimate of drug-likeness (QED) is 0.711. The van der Waals surface area contributed by atoms with Gasteiger partial charge in [-0.2, -0.15) is 0 Å². The summed E-state index contributed by atoms with van der Waals surface area (Å²) in [6.45, 7) is 5.77. The largest absolute Gasteiger partial charge is 0.299 e. The average Bonchev–Trinajstić information content (AvgIpc) is 2.18. The van der Waals surface area contributed by atoms with Crippen LogP contribution < -0.4 is 0 Å². The lowest BCUT2D eigenvalue weighted by molar-refractivity contribution is -0.118. The van der Waals surface area contributed by atoms with E-state index < -0.39 is 0 Å². The molecule has 1 atom stereocenters. The zero-order valence-electron chi connectivity index (χ0n) is 9.21. The van der Waals surface area contributed by atoms with Crippen molar-refractivity contribution in [3.8, 4) is 0 Å². The van der Waals surface area contributed by atoms with Gasteiger partial charge in [0.25, 0.3) is 0 Å². The molecule has 1 aromatic carbocycles. The fourth-order valence-corrected chi connectivity index (χ4v) is 1.50. The Morgan fingerprint density at radius 1 is 1.29 bits per heavy atom. The number of carbonyl (C=O) groups is 1. The van der Waals surface area contributed by atoms with Crippen LogP contribution in [0.1, 0.15) is 44.2 Å². The van der Waals surface area contributed by atoms with Gasteiger partial charge in [-0.1, -0.05) is 44.5 Å². The summed E-state index contributed by atoms with van der Waals surface area (Å²) in [7, 11) is 0. The van der Waals surface area contributed by atoms with Crippen LogP contribution in [0.15, 0.2) is 24.3 Å². The molecule has 0 bridgehead atoms. The van der Waals surface area contributed by atoms with E-state index in [4.69, 9.17) is 0 Å². The Morgan fingerprint density at radius 2 is 1.86 bits per heavy atom. The zero-order valence-corrected chi connectivity index (χ0v) is 9.21. The lowest BCUT2D eigenvalue weighted by Gasteiger charge is -2.08. The van der Waals surface area contributed by atoms with Crippen molar-refractivity contribution in [1.82, 2.24) is 0 Å². The van der Waals surface area contributed by atoms with Crippen LogP contribution in [-0.2, 0) is 11.2 Å². The molecule has 1 aromatic rings. The Morgan fingerprint density at radius 3 is 2.29 bits per heavy atom. The molecule has 0 spiro atoms. The third kappa shape index (κ3) is 2.69. The van der Waals surface area contributed by atoms with Crippen LogP contribution in [0, 0.1) is 0 Å². The summed E-state index contributed by atoms with van der Waals surface area (Å²) < 4.78 is 0. The van der Waals surface area contributed by atoms with Crippen LogP contribution in [-0.4, -0.2) is 5.78 Å². The second kappa shape index (κ2) is 4.94. The van der Waals surface area contributed by atoms with E-state index in [-0.39, 0.29) is 11.7 Å². The van der Waals surface area contributed by atoms with Gasteiger partial charge in [-0.15, -0.1) is 0 Å². The molecule has 0 aliphatic rings. The average molecular weight is 190 g/mol. The minimum atomic E-state index is 0.0330. The highest BCUT2D eigenvalue weighted by Gasteiger charge is 2.09. The molecule has 14 heavy (non-hydrogen) atoms. The molecule has 0 saturated heterocycles. The van der Waals surface area contributed by atoms with Crippen molar-refractivity contribution in [2.45, 2.75) is 39.5 Å². The van der Waals surface area contributed by atoms with E-state index in [9.17, 15) is 4.79 Å². The van der Waals surface area contributed by atoms with Crippen molar-refractivity contribution >= 4 is 5.78 Å². The first-order chi connectivity index (χ1) is 6.65. The maximum atomic E-state index is 11.2. The van der Waals surface area contributed by atoms with Crippen molar-refractivity contribution in [2.24, 2.45) is 0 Å². The highest BCUT2D eigenvalue weighted by Crippen LogP contribution is 2.17. The third-order valence-corrected chi connectivity index (χ3v) is 2.63. The van der Waals surface area contributed by atoms with E-state index in [1.165, 1.54) is 12.0 Å². The molecule has 1 unspecified atom stereocenters. The minimum Gasteiger partial charge on any atom is -0.299 e. The van der Waals surface area contributed by atoms with Gasteiger partial charge in [0.1, 0.15) is 5.78 Å². The number of ketones is 1. The summed E-state index contributed by atoms with van der Waals surface area (Å²) >= 11 is 0. The summed E-state index contributed by atoms with van der Waals surface area (Å²) in [4.78, 5) is 11.2. The lowest BCUT2D eigenvalue weighted by Crippen LogP contribution is -2.03. The Bertz CT molecular complexity index is 298. The minimum absolute atomic E-state index is 0.0330. The zero-order chi connectivity index (χ0) is 10.6. The maximum absolute atomic E-state index is 11.2. The van der Waals surface area contributed by atoms with Crippen LogP contribution in [0.3, 0.4) is 0 Å². The van der Waals surface area contributed by atoms with Crippen molar-refractivity contribution in [2.75, 3.05) is 0 Å². The molecule has 0 amide bonds. The predicted octanol–water partition coefficient (Wildman–Crippen LogP) is 3.33. The summed E-state index contributed by atoms with van der Waals surface area (Å²) in [5.74, 6) is 0.263. The number of hydrogen-bond donors (Lipinski definition) is 0. The molecule has 0 aliphatic heterocycles. The van der Waals surface area contributed by atoms with Crippen LogP contribution in [0.4, 0.5) is 0 Å². The monoisotopic (exact) mass is 190 g/mol. The van der Waals surface area contributed by atoms with E-state index in [1.54, 1.807) is 6.92 Å². The standard InChI is InChI=1S/C13H18O/c1-4-5-12-6-8-13(9-7-12)10(2)11(3)14/h6-10H,4-5H2,1-3H3. The lowest BCUT2D eigenvalue weighted by atomic mass is 9.96. The number of hydrogen-bond acceptors (Lipinski definition) is 1. The van der Waals surface area contributed by atoms with E-state index in [0.29, 0.717) is 0 Å². The van der Waals surface area contributed by atoms with Crippen molar-refractivity contribution in [3.05, 3.63) is 35.4 Å². The van der Waals surface area contributed by atoms with E-state index >= 15 is 0 Å². The number of Topliss-reactive ketones (excluding diaryl/α,β-unsaturated/α-hetero) is 1. The summed E-state index contributed by atoms with van der Waals surface area (Å²) in [5, 5.41) is 0. The molecule has 1 rings (SSSR count). The third-order valence-electron chi connectivity index (χ3n) is 2.63. The molecular weight excluding hydrogens is 172 g/mol. The van der Waals surface area contributed by atoms with Gasteiger partial charge in [-0.05, 0) is 24.5 Å². The molecule has 0 heterocycles. The maximum Gasteiger partial charge on any atom is 0.136 e. The fourth-order valence-electron chi connectivity index (χ4n) is 1.50. The Labute approximate surface area is 86.1 Å². The van der Waals surface area contributed by atoms with Crippen LogP contribution in [0.5, 0.6) is 0 Å². The van der Waals surface area contributed by atoms with Crippen molar-refractivity contribution in [1.29, 1.82) is 0 Å². The van der Waals surface area contributed by atoms with Gasteiger partial charge < -0.3 is 0 Å².